The lowest BCUT2D eigenvalue weighted by Gasteiger charge is -2.08. The van der Waals surface area contributed by atoms with Crippen molar-refractivity contribution in [3.63, 3.8) is 0 Å². The molecule has 2 aromatic rings. The van der Waals surface area contributed by atoms with Crippen LogP contribution >= 0.6 is 23.2 Å². The van der Waals surface area contributed by atoms with Gasteiger partial charge in [0, 0.05) is 23.5 Å². The van der Waals surface area contributed by atoms with Gasteiger partial charge in [-0.25, -0.2) is 0 Å². The van der Waals surface area contributed by atoms with Crippen molar-refractivity contribution < 1.29 is 5.11 Å². The second-order valence-corrected chi connectivity index (χ2v) is 4.48. The van der Waals surface area contributed by atoms with Crippen LogP contribution in [-0.2, 0) is 6.54 Å². The Kier molecular flexibility index (Phi) is 3.45. The number of aromatic nitrogens is 2. The summed E-state index contributed by atoms with van der Waals surface area (Å²) in [6.45, 7) is 2.56. The average Bonchev–Trinajstić information content (AvgIpc) is 2.69. The van der Waals surface area contributed by atoms with Crippen molar-refractivity contribution in [3.8, 4) is 5.75 Å². The highest BCUT2D eigenvalue weighted by atomic mass is 35.5. The van der Waals surface area contributed by atoms with Gasteiger partial charge in [-0.05, 0) is 19.1 Å². The van der Waals surface area contributed by atoms with Crippen molar-refractivity contribution in [2.75, 3.05) is 5.32 Å². The van der Waals surface area contributed by atoms with Crippen molar-refractivity contribution in [1.82, 2.24) is 10.2 Å². The van der Waals surface area contributed by atoms with Crippen LogP contribution < -0.4 is 5.32 Å². The molecule has 1 heterocycles. The summed E-state index contributed by atoms with van der Waals surface area (Å²) in [4.78, 5) is 0. The van der Waals surface area contributed by atoms with Crippen LogP contribution in [0.2, 0.25) is 10.0 Å². The van der Waals surface area contributed by atoms with E-state index in [1.165, 1.54) is 0 Å². The van der Waals surface area contributed by atoms with Gasteiger partial charge >= 0.3 is 0 Å². The molecule has 0 spiro atoms. The molecule has 1 aromatic heterocycles. The van der Waals surface area contributed by atoms with E-state index in [1.54, 1.807) is 18.3 Å². The Morgan fingerprint density at radius 2 is 2.00 bits per heavy atom. The van der Waals surface area contributed by atoms with Gasteiger partial charge in [-0.15, -0.1) is 0 Å². The fourth-order valence-electron chi connectivity index (χ4n) is 1.42. The average molecular weight is 272 g/mol. The monoisotopic (exact) mass is 271 g/mol. The summed E-state index contributed by atoms with van der Waals surface area (Å²) in [5, 5.41) is 19.8. The Bertz CT molecular complexity index is 516. The molecule has 0 radical (unpaired) electrons. The van der Waals surface area contributed by atoms with E-state index in [0.717, 1.165) is 16.9 Å². The molecule has 0 fully saturated rings. The predicted molar refractivity (Wildman–Crippen MR) is 68.8 cm³/mol. The molecule has 90 valence electrons. The number of rotatable bonds is 3. The van der Waals surface area contributed by atoms with Crippen LogP contribution in [0.15, 0.2) is 18.3 Å². The molecule has 17 heavy (non-hydrogen) atoms. The first-order valence-corrected chi connectivity index (χ1v) is 5.74. The Morgan fingerprint density at radius 3 is 2.53 bits per heavy atom. The quantitative estimate of drug-likeness (QED) is 0.751. The van der Waals surface area contributed by atoms with Gasteiger partial charge in [-0.3, -0.25) is 5.10 Å². The van der Waals surface area contributed by atoms with Crippen LogP contribution in [-0.4, -0.2) is 15.3 Å². The molecule has 4 nitrogen and oxygen atoms in total. The first kappa shape index (κ1) is 12.1. The first-order chi connectivity index (χ1) is 8.08. The van der Waals surface area contributed by atoms with Gasteiger partial charge in [0.25, 0.3) is 0 Å². The summed E-state index contributed by atoms with van der Waals surface area (Å²) in [6.07, 6.45) is 1.76. The minimum Gasteiger partial charge on any atom is -0.505 e. The number of benzene rings is 1. The zero-order valence-electron chi connectivity index (χ0n) is 9.09. The molecule has 0 saturated heterocycles. The molecule has 0 unspecified atom stereocenters. The largest absolute Gasteiger partial charge is 0.505 e. The zero-order valence-corrected chi connectivity index (χ0v) is 10.6. The maximum atomic E-state index is 9.42. The smallest absolute Gasteiger partial charge is 0.152 e. The number of hydrogen-bond acceptors (Lipinski definition) is 3. The van der Waals surface area contributed by atoms with Crippen LogP contribution in [0, 0.1) is 6.92 Å². The summed E-state index contributed by atoms with van der Waals surface area (Å²) in [6, 6.07) is 3.25. The molecular formula is C11H11Cl2N3O. The number of H-pyrrole nitrogens is 1. The van der Waals surface area contributed by atoms with E-state index >= 15 is 0 Å². The number of aryl methyl sites for hydroxylation is 1. The first-order valence-electron chi connectivity index (χ1n) is 4.98. The third-order valence-electron chi connectivity index (χ3n) is 2.43. The number of nitrogens with zero attached hydrogens (tertiary/aromatic N) is 1. The molecule has 0 amide bonds. The van der Waals surface area contributed by atoms with E-state index in [-0.39, 0.29) is 15.8 Å². The Labute approximate surface area is 109 Å². The van der Waals surface area contributed by atoms with E-state index < -0.39 is 0 Å². The molecule has 1 aromatic carbocycles. The topological polar surface area (TPSA) is 60.9 Å². The molecule has 3 N–H and O–H groups in total. The number of aromatic amines is 1. The Balaban J connectivity index is 2.12. The van der Waals surface area contributed by atoms with Crippen LogP contribution in [0.5, 0.6) is 5.75 Å². The zero-order chi connectivity index (χ0) is 12.4. The van der Waals surface area contributed by atoms with Crippen LogP contribution in [0.1, 0.15) is 11.3 Å². The predicted octanol–water partition coefficient (Wildman–Crippen LogP) is 3.34. The summed E-state index contributed by atoms with van der Waals surface area (Å²) in [7, 11) is 0. The summed E-state index contributed by atoms with van der Waals surface area (Å²) in [5.41, 5.74) is 2.82. The maximum absolute atomic E-state index is 9.42. The highest BCUT2D eigenvalue weighted by Gasteiger charge is 2.07. The van der Waals surface area contributed by atoms with Crippen LogP contribution in [0.4, 0.5) is 5.69 Å². The lowest BCUT2D eigenvalue weighted by molar-refractivity contribution is 0.476. The fraction of sp³-hybridized carbons (Fsp3) is 0.182. The number of aromatic hydroxyl groups is 1. The minimum atomic E-state index is -0.0987. The van der Waals surface area contributed by atoms with Crippen molar-refractivity contribution in [2.45, 2.75) is 13.5 Å². The molecule has 0 saturated carbocycles. The van der Waals surface area contributed by atoms with Gasteiger partial charge < -0.3 is 10.4 Å². The molecule has 0 aliphatic carbocycles. The van der Waals surface area contributed by atoms with Crippen LogP contribution in [0.3, 0.4) is 0 Å². The number of anilines is 1. The van der Waals surface area contributed by atoms with Crippen LogP contribution in [0.25, 0.3) is 0 Å². The van der Waals surface area contributed by atoms with Gasteiger partial charge in [-0.1, -0.05) is 23.2 Å². The number of phenols is 1. The van der Waals surface area contributed by atoms with Crippen molar-refractivity contribution in [2.24, 2.45) is 0 Å². The van der Waals surface area contributed by atoms with Gasteiger partial charge in [0.2, 0.25) is 0 Å². The van der Waals surface area contributed by atoms with Crippen molar-refractivity contribution >= 4 is 28.9 Å². The van der Waals surface area contributed by atoms with E-state index in [0.29, 0.717) is 6.54 Å². The fourth-order valence-corrected chi connectivity index (χ4v) is 1.91. The number of halogens is 2. The molecule has 2 rings (SSSR count). The summed E-state index contributed by atoms with van der Waals surface area (Å²) >= 11 is 11.6. The number of phenolic OH excluding ortho intramolecular Hbond substituents is 1. The standard InChI is InChI=1S/C11H11Cl2N3O/c1-6-7(5-15-16-6)4-14-8-2-9(12)11(17)10(13)3-8/h2-3,5,14,17H,4H2,1H3,(H,15,16). The van der Waals surface area contributed by atoms with E-state index in [4.69, 9.17) is 23.2 Å². The van der Waals surface area contributed by atoms with Gasteiger partial charge in [0.05, 0.1) is 16.2 Å². The Morgan fingerprint density at radius 1 is 1.35 bits per heavy atom. The lowest BCUT2D eigenvalue weighted by atomic mass is 10.2. The van der Waals surface area contributed by atoms with Gasteiger partial charge in [0.1, 0.15) is 0 Å². The van der Waals surface area contributed by atoms with E-state index in [2.05, 4.69) is 15.5 Å². The summed E-state index contributed by atoms with van der Waals surface area (Å²) < 4.78 is 0. The lowest BCUT2D eigenvalue weighted by Crippen LogP contribution is -1.99. The van der Waals surface area contributed by atoms with Gasteiger partial charge in [0.15, 0.2) is 5.75 Å². The third kappa shape index (κ3) is 2.65. The van der Waals surface area contributed by atoms with Crippen molar-refractivity contribution in [3.05, 3.63) is 39.6 Å². The molecule has 0 aliphatic rings. The second kappa shape index (κ2) is 4.85. The van der Waals surface area contributed by atoms with E-state index in [9.17, 15) is 5.11 Å². The third-order valence-corrected chi connectivity index (χ3v) is 3.01. The second-order valence-electron chi connectivity index (χ2n) is 3.66. The normalized spacial score (nSPS) is 10.5. The van der Waals surface area contributed by atoms with Gasteiger partial charge in [-0.2, -0.15) is 5.10 Å². The maximum Gasteiger partial charge on any atom is 0.152 e. The SMILES string of the molecule is Cc1[nH]ncc1CNc1cc(Cl)c(O)c(Cl)c1. The highest BCUT2D eigenvalue weighted by Crippen LogP contribution is 2.34. The molecule has 0 atom stereocenters. The van der Waals surface area contributed by atoms with Crippen molar-refractivity contribution in [1.29, 1.82) is 0 Å². The highest BCUT2D eigenvalue weighted by molar-refractivity contribution is 6.37. The minimum absolute atomic E-state index is 0.0987. The molecular weight excluding hydrogens is 261 g/mol. The molecule has 6 heteroatoms. The number of hydrogen-bond donors (Lipinski definition) is 3. The van der Waals surface area contributed by atoms with E-state index in [1.807, 2.05) is 6.92 Å². The molecule has 0 bridgehead atoms. The number of nitrogens with one attached hydrogen (secondary N) is 2. The summed E-state index contributed by atoms with van der Waals surface area (Å²) in [5.74, 6) is -0.0987. The molecule has 0 aliphatic heterocycles. The Hall–Kier alpha value is -1.39.